The monoisotopic (exact) mass is 253 g/mol. The third-order valence-corrected chi connectivity index (χ3v) is 2.72. The van der Waals surface area contributed by atoms with Crippen LogP contribution in [0.3, 0.4) is 0 Å². The number of carbonyl (C=O) groups excluding carboxylic acids is 1. The quantitative estimate of drug-likeness (QED) is 0.464. The summed E-state index contributed by atoms with van der Waals surface area (Å²) in [4.78, 5) is 23.4. The lowest BCUT2D eigenvalue weighted by molar-refractivity contribution is -0.383. The molecule has 18 heavy (non-hydrogen) atoms. The van der Waals surface area contributed by atoms with Crippen molar-refractivity contribution in [3.63, 3.8) is 0 Å². The van der Waals surface area contributed by atoms with Crippen LogP contribution in [0.1, 0.15) is 17.3 Å². The van der Waals surface area contributed by atoms with Gasteiger partial charge in [0, 0.05) is 18.7 Å². The molecule has 0 radical (unpaired) electrons. The standard InChI is InChI=1S/C11H15N3O4/c1-7(6-15)13(2)11(16)8-3-4-9(12)10(5-8)14(17)18/h3-5,7,15H,6,12H2,1-2H3. The van der Waals surface area contributed by atoms with E-state index >= 15 is 0 Å². The van der Waals surface area contributed by atoms with E-state index in [0.717, 1.165) is 6.07 Å². The largest absolute Gasteiger partial charge is 0.394 e. The molecule has 1 amide bonds. The van der Waals surface area contributed by atoms with Crippen molar-refractivity contribution >= 4 is 17.3 Å². The summed E-state index contributed by atoms with van der Waals surface area (Å²) in [6, 6.07) is 3.51. The lowest BCUT2D eigenvalue weighted by Crippen LogP contribution is -2.37. The first-order valence-electron chi connectivity index (χ1n) is 5.30. The Morgan fingerprint density at radius 3 is 2.72 bits per heavy atom. The van der Waals surface area contributed by atoms with Crippen LogP contribution in [0.4, 0.5) is 11.4 Å². The van der Waals surface area contributed by atoms with Crippen molar-refractivity contribution in [1.82, 2.24) is 4.90 Å². The Bertz CT molecular complexity index is 475. The summed E-state index contributed by atoms with van der Waals surface area (Å²) < 4.78 is 0. The van der Waals surface area contributed by atoms with E-state index in [2.05, 4.69) is 0 Å². The SMILES string of the molecule is CC(CO)N(C)C(=O)c1ccc(N)c([N+](=O)[O-])c1. The molecule has 0 aliphatic heterocycles. The first kappa shape index (κ1) is 13.9. The fourth-order valence-corrected chi connectivity index (χ4v) is 1.36. The van der Waals surface area contributed by atoms with E-state index in [9.17, 15) is 14.9 Å². The van der Waals surface area contributed by atoms with E-state index < -0.39 is 10.8 Å². The molecule has 0 saturated carbocycles. The highest BCUT2D eigenvalue weighted by molar-refractivity contribution is 5.95. The maximum absolute atomic E-state index is 12.0. The van der Waals surface area contributed by atoms with Gasteiger partial charge >= 0.3 is 0 Å². The Morgan fingerprint density at radius 2 is 2.22 bits per heavy atom. The predicted molar refractivity (Wildman–Crippen MR) is 66.2 cm³/mol. The van der Waals surface area contributed by atoms with Gasteiger partial charge in [-0.05, 0) is 19.1 Å². The van der Waals surface area contributed by atoms with E-state index in [1.54, 1.807) is 6.92 Å². The molecule has 1 unspecified atom stereocenters. The molecule has 0 heterocycles. The maximum atomic E-state index is 12.0. The van der Waals surface area contributed by atoms with Crippen molar-refractivity contribution < 1.29 is 14.8 Å². The van der Waals surface area contributed by atoms with Crippen molar-refractivity contribution in [3.05, 3.63) is 33.9 Å². The summed E-state index contributed by atoms with van der Waals surface area (Å²) in [6.07, 6.45) is 0. The number of nitrogens with two attached hydrogens (primary N) is 1. The van der Waals surface area contributed by atoms with Crippen LogP contribution in [-0.2, 0) is 0 Å². The number of likely N-dealkylation sites (N-methyl/N-ethyl adjacent to an activating group) is 1. The Morgan fingerprint density at radius 1 is 1.61 bits per heavy atom. The second kappa shape index (κ2) is 5.46. The molecule has 7 nitrogen and oxygen atoms in total. The molecule has 0 bridgehead atoms. The number of nitrogens with zero attached hydrogens (tertiary/aromatic N) is 2. The third kappa shape index (κ3) is 2.75. The second-order valence-electron chi connectivity index (χ2n) is 3.98. The fourth-order valence-electron chi connectivity index (χ4n) is 1.36. The highest BCUT2D eigenvalue weighted by Crippen LogP contribution is 2.23. The molecule has 98 valence electrons. The maximum Gasteiger partial charge on any atom is 0.292 e. The predicted octanol–water partition coefficient (Wildman–Crippen LogP) is 0.630. The Hall–Kier alpha value is -2.15. The number of aliphatic hydroxyl groups is 1. The van der Waals surface area contributed by atoms with Crippen molar-refractivity contribution in [2.75, 3.05) is 19.4 Å². The molecular formula is C11H15N3O4. The highest BCUT2D eigenvalue weighted by Gasteiger charge is 2.20. The minimum Gasteiger partial charge on any atom is -0.394 e. The Balaban J connectivity index is 3.07. The van der Waals surface area contributed by atoms with Crippen molar-refractivity contribution in [1.29, 1.82) is 0 Å². The zero-order valence-corrected chi connectivity index (χ0v) is 10.2. The number of hydrogen-bond donors (Lipinski definition) is 2. The summed E-state index contributed by atoms with van der Waals surface area (Å²) >= 11 is 0. The zero-order valence-electron chi connectivity index (χ0n) is 10.2. The van der Waals surface area contributed by atoms with Gasteiger partial charge in [0.15, 0.2) is 0 Å². The van der Waals surface area contributed by atoms with Gasteiger partial charge in [0.05, 0.1) is 17.6 Å². The summed E-state index contributed by atoms with van der Waals surface area (Å²) in [5.74, 6) is -0.403. The molecule has 0 fully saturated rings. The van der Waals surface area contributed by atoms with E-state index in [-0.39, 0.29) is 29.6 Å². The van der Waals surface area contributed by atoms with E-state index in [0.29, 0.717) is 0 Å². The Labute approximate surface area is 104 Å². The van der Waals surface area contributed by atoms with Crippen LogP contribution < -0.4 is 5.73 Å². The second-order valence-corrected chi connectivity index (χ2v) is 3.98. The summed E-state index contributed by atoms with van der Waals surface area (Å²) in [6.45, 7) is 1.49. The number of nitro benzene ring substituents is 1. The van der Waals surface area contributed by atoms with Gasteiger partial charge in [0.25, 0.3) is 11.6 Å². The number of rotatable bonds is 4. The molecule has 0 aromatic heterocycles. The number of carbonyl (C=O) groups is 1. The number of anilines is 1. The summed E-state index contributed by atoms with van der Waals surface area (Å²) in [5.41, 5.74) is 5.32. The zero-order chi connectivity index (χ0) is 13.9. The van der Waals surface area contributed by atoms with E-state index in [1.807, 2.05) is 0 Å². The number of nitro groups is 1. The van der Waals surface area contributed by atoms with Crippen molar-refractivity contribution in [3.8, 4) is 0 Å². The number of hydrogen-bond acceptors (Lipinski definition) is 5. The average Bonchev–Trinajstić information content (AvgIpc) is 2.36. The van der Waals surface area contributed by atoms with Gasteiger partial charge in [-0.25, -0.2) is 0 Å². The van der Waals surface area contributed by atoms with Gasteiger partial charge in [-0.15, -0.1) is 0 Å². The van der Waals surface area contributed by atoms with Gasteiger partial charge in [0.2, 0.25) is 0 Å². The minimum atomic E-state index is -0.637. The fraction of sp³-hybridized carbons (Fsp3) is 0.364. The number of amides is 1. The molecule has 0 aliphatic rings. The third-order valence-electron chi connectivity index (χ3n) is 2.72. The van der Waals surface area contributed by atoms with Crippen LogP contribution in [0.2, 0.25) is 0 Å². The van der Waals surface area contributed by atoms with Gasteiger partial charge in [-0.1, -0.05) is 0 Å². The number of nitrogen functional groups attached to an aromatic ring is 1. The average molecular weight is 253 g/mol. The van der Waals surface area contributed by atoms with Crippen LogP contribution in [0.25, 0.3) is 0 Å². The first-order chi connectivity index (χ1) is 8.38. The molecule has 1 aromatic carbocycles. The van der Waals surface area contributed by atoms with Gasteiger partial charge < -0.3 is 15.7 Å². The lowest BCUT2D eigenvalue weighted by Gasteiger charge is -2.23. The normalized spacial score (nSPS) is 11.9. The number of aliphatic hydroxyl groups excluding tert-OH is 1. The van der Waals surface area contributed by atoms with Crippen molar-refractivity contribution in [2.24, 2.45) is 0 Å². The molecule has 1 aromatic rings. The Kier molecular flexibility index (Phi) is 4.22. The van der Waals surface area contributed by atoms with E-state index in [1.165, 1.54) is 24.1 Å². The summed E-state index contributed by atoms with van der Waals surface area (Å²) in [7, 11) is 1.52. The van der Waals surface area contributed by atoms with Crippen LogP contribution in [-0.4, -0.2) is 40.5 Å². The molecule has 0 aliphatic carbocycles. The first-order valence-corrected chi connectivity index (χ1v) is 5.30. The molecule has 0 saturated heterocycles. The van der Waals surface area contributed by atoms with E-state index in [4.69, 9.17) is 10.8 Å². The van der Waals surface area contributed by atoms with Crippen LogP contribution in [0, 0.1) is 10.1 Å². The van der Waals surface area contributed by atoms with Crippen LogP contribution in [0.15, 0.2) is 18.2 Å². The molecule has 0 spiro atoms. The van der Waals surface area contributed by atoms with Gasteiger partial charge in [-0.3, -0.25) is 14.9 Å². The molecule has 1 rings (SSSR count). The highest BCUT2D eigenvalue weighted by atomic mass is 16.6. The van der Waals surface area contributed by atoms with Crippen molar-refractivity contribution in [2.45, 2.75) is 13.0 Å². The topological polar surface area (TPSA) is 110 Å². The number of benzene rings is 1. The minimum absolute atomic E-state index is 0.00871. The molecule has 7 heteroatoms. The molecule has 3 N–H and O–H groups in total. The van der Waals surface area contributed by atoms with Gasteiger partial charge in [-0.2, -0.15) is 0 Å². The smallest absolute Gasteiger partial charge is 0.292 e. The molecule has 1 atom stereocenters. The lowest BCUT2D eigenvalue weighted by atomic mass is 10.1. The molecular weight excluding hydrogens is 238 g/mol. The summed E-state index contributed by atoms with van der Waals surface area (Å²) in [5, 5.41) is 19.7. The van der Waals surface area contributed by atoms with Crippen LogP contribution >= 0.6 is 0 Å². The van der Waals surface area contributed by atoms with Crippen LogP contribution in [0.5, 0.6) is 0 Å². The van der Waals surface area contributed by atoms with Gasteiger partial charge in [0.1, 0.15) is 5.69 Å².